The lowest BCUT2D eigenvalue weighted by molar-refractivity contribution is 0.710. The largest absolute Gasteiger partial charge is 0.369 e. The van der Waals surface area contributed by atoms with Crippen LogP contribution in [0.5, 0.6) is 0 Å². The summed E-state index contributed by atoms with van der Waals surface area (Å²) in [5, 5.41) is 7.52. The van der Waals surface area contributed by atoms with Crippen molar-refractivity contribution in [2.75, 3.05) is 17.3 Å². The zero-order valence-electron chi connectivity index (χ0n) is 13.0. The van der Waals surface area contributed by atoms with Gasteiger partial charge in [-0.05, 0) is 13.0 Å². The summed E-state index contributed by atoms with van der Waals surface area (Å²) in [6.07, 6.45) is 2.68. The summed E-state index contributed by atoms with van der Waals surface area (Å²) in [5.41, 5.74) is 4.74. The maximum absolute atomic E-state index is 5.53. The molecule has 0 aliphatic carbocycles. The molecule has 7 heteroatoms. The van der Waals surface area contributed by atoms with Crippen molar-refractivity contribution < 1.29 is 0 Å². The van der Waals surface area contributed by atoms with E-state index in [4.69, 9.17) is 5.84 Å². The summed E-state index contributed by atoms with van der Waals surface area (Å²) in [7, 11) is 1.94. The fourth-order valence-electron chi connectivity index (χ4n) is 2.06. The molecule has 0 aromatic carbocycles. The summed E-state index contributed by atoms with van der Waals surface area (Å²) < 4.78 is 1.88. The minimum absolute atomic E-state index is 0.246. The molecule has 0 fully saturated rings. The molecule has 0 bridgehead atoms. The van der Waals surface area contributed by atoms with Gasteiger partial charge >= 0.3 is 0 Å². The van der Waals surface area contributed by atoms with Crippen LogP contribution in [-0.2, 0) is 13.5 Å². The first-order chi connectivity index (χ1) is 10.0. The number of rotatable bonds is 6. The summed E-state index contributed by atoms with van der Waals surface area (Å²) in [6, 6.07) is 2.01. The Morgan fingerprint density at radius 1 is 1.29 bits per heavy atom. The molecule has 0 spiro atoms. The second-order valence-electron chi connectivity index (χ2n) is 5.33. The summed E-state index contributed by atoms with van der Waals surface area (Å²) in [4.78, 5) is 9.00. The number of nitrogens with one attached hydrogen (secondary N) is 2. The average molecular weight is 289 g/mol. The molecule has 0 radical (unpaired) electrons. The molecule has 0 aliphatic rings. The van der Waals surface area contributed by atoms with Gasteiger partial charge in [-0.2, -0.15) is 5.10 Å². The third-order valence-electron chi connectivity index (χ3n) is 3.41. The molecule has 0 unspecified atom stereocenters. The third-order valence-corrected chi connectivity index (χ3v) is 3.41. The van der Waals surface area contributed by atoms with Crippen molar-refractivity contribution in [2.45, 2.75) is 33.1 Å². The Morgan fingerprint density at radius 3 is 2.57 bits per heavy atom. The maximum Gasteiger partial charge on any atom is 0.148 e. The van der Waals surface area contributed by atoms with Crippen LogP contribution in [0.1, 0.15) is 36.8 Å². The van der Waals surface area contributed by atoms with Crippen LogP contribution >= 0.6 is 0 Å². The van der Waals surface area contributed by atoms with E-state index >= 15 is 0 Å². The number of hydrazine groups is 1. The Hall–Kier alpha value is -2.15. The number of nitrogens with two attached hydrogens (primary N) is 1. The van der Waals surface area contributed by atoms with Crippen molar-refractivity contribution in [3.63, 3.8) is 0 Å². The van der Waals surface area contributed by atoms with Crippen molar-refractivity contribution >= 4 is 11.6 Å². The molecule has 2 rings (SSSR count). The van der Waals surface area contributed by atoms with Gasteiger partial charge < -0.3 is 10.7 Å². The van der Waals surface area contributed by atoms with Crippen molar-refractivity contribution in [3.05, 3.63) is 29.3 Å². The molecular formula is C14H23N7. The van der Waals surface area contributed by atoms with Crippen molar-refractivity contribution in [1.29, 1.82) is 0 Å². The topological polar surface area (TPSA) is 93.7 Å². The lowest BCUT2D eigenvalue weighted by Crippen LogP contribution is -2.16. The van der Waals surface area contributed by atoms with Crippen LogP contribution in [0.25, 0.3) is 0 Å². The molecule has 2 heterocycles. The van der Waals surface area contributed by atoms with Gasteiger partial charge in [-0.15, -0.1) is 0 Å². The highest BCUT2D eigenvalue weighted by Crippen LogP contribution is 2.22. The fraction of sp³-hybridized carbons (Fsp3) is 0.500. The van der Waals surface area contributed by atoms with E-state index in [0.29, 0.717) is 5.82 Å². The number of anilines is 2. The van der Waals surface area contributed by atoms with E-state index in [1.54, 1.807) is 6.20 Å². The highest BCUT2D eigenvalue weighted by Gasteiger charge is 2.12. The quantitative estimate of drug-likeness (QED) is 0.552. The molecular weight excluding hydrogens is 266 g/mol. The zero-order chi connectivity index (χ0) is 15.4. The van der Waals surface area contributed by atoms with Crippen LogP contribution in [-0.4, -0.2) is 26.3 Å². The van der Waals surface area contributed by atoms with Gasteiger partial charge in [-0.25, -0.2) is 15.8 Å². The van der Waals surface area contributed by atoms with Crippen LogP contribution in [0.3, 0.4) is 0 Å². The van der Waals surface area contributed by atoms with Crippen LogP contribution in [0, 0.1) is 6.92 Å². The molecule has 0 aliphatic heterocycles. The predicted octanol–water partition coefficient (Wildman–Crippen LogP) is 1.58. The van der Waals surface area contributed by atoms with E-state index in [2.05, 4.69) is 39.7 Å². The second-order valence-corrected chi connectivity index (χ2v) is 5.33. The summed E-state index contributed by atoms with van der Waals surface area (Å²) in [5.74, 6) is 8.04. The van der Waals surface area contributed by atoms with Gasteiger partial charge in [0, 0.05) is 43.4 Å². The molecule has 4 N–H and O–H groups in total. The van der Waals surface area contributed by atoms with Gasteiger partial charge in [-0.3, -0.25) is 4.68 Å². The zero-order valence-corrected chi connectivity index (χ0v) is 13.0. The number of aryl methyl sites for hydroxylation is 1. The Morgan fingerprint density at radius 2 is 2.00 bits per heavy atom. The monoisotopic (exact) mass is 289 g/mol. The molecule has 114 valence electrons. The molecule has 21 heavy (non-hydrogen) atoms. The third kappa shape index (κ3) is 3.49. The van der Waals surface area contributed by atoms with E-state index in [9.17, 15) is 0 Å². The van der Waals surface area contributed by atoms with Crippen molar-refractivity contribution in [2.24, 2.45) is 12.9 Å². The molecule has 0 atom stereocenters. The van der Waals surface area contributed by atoms with Gasteiger partial charge in [0.1, 0.15) is 17.5 Å². The first-order valence-electron chi connectivity index (χ1n) is 7.08. The first kappa shape index (κ1) is 15.2. The SMILES string of the molecule is Cc1c(NN)nc(C(C)C)nc1NCCc1ccnn1C. The van der Waals surface area contributed by atoms with E-state index in [0.717, 1.165) is 30.2 Å². The number of nitrogen functional groups attached to an aromatic ring is 1. The van der Waals surface area contributed by atoms with Gasteiger partial charge in [0.2, 0.25) is 0 Å². The number of hydrogen-bond donors (Lipinski definition) is 3. The lowest BCUT2D eigenvalue weighted by atomic mass is 10.2. The molecule has 2 aromatic heterocycles. The van der Waals surface area contributed by atoms with E-state index in [1.165, 1.54) is 5.69 Å². The second kappa shape index (κ2) is 6.53. The molecule has 0 amide bonds. The highest BCUT2D eigenvalue weighted by molar-refractivity contribution is 5.56. The lowest BCUT2D eigenvalue weighted by Gasteiger charge is -2.15. The first-order valence-corrected chi connectivity index (χ1v) is 7.08. The van der Waals surface area contributed by atoms with Crippen molar-refractivity contribution in [1.82, 2.24) is 19.7 Å². The smallest absolute Gasteiger partial charge is 0.148 e. The van der Waals surface area contributed by atoms with E-state index < -0.39 is 0 Å². The minimum Gasteiger partial charge on any atom is -0.369 e. The van der Waals surface area contributed by atoms with Crippen LogP contribution < -0.4 is 16.6 Å². The Bertz CT molecular complexity index is 603. The fourth-order valence-corrected chi connectivity index (χ4v) is 2.06. The number of hydrogen-bond acceptors (Lipinski definition) is 6. The van der Waals surface area contributed by atoms with E-state index in [1.807, 2.05) is 24.7 Å². The Kier molecular flexibility index (Phi) is 4.74. The van der Waals surface area contributed by atoms with Gasteiger partial charge in [0.05, 0.1) is 0 Å². The molecule has 0 saturated heterocycles. The van der Waals surface area contributed by atoms with E-state index in [-0.39, 0.29) is 5.92 Å². The standard InChI is InChI=1S/C14H23N7/c1-9(2)12-18-13(10(3)14(19-12)20-15)16-7-5-11-6-8-17-21(11)4/h6,8-9H,5,7,15H2,1-4H3,(H2,16,18,19,20). The van der Waals surface area contributed by atoms with Gasteiger partial charge in [0.25, 0.3) is 0 Å². The number of aromatic nitrogens is 4. The molecule has 2 aromatic rings. The summed E-state index contributed by atoms with van der Waals surface area (Å²) >= 11 is 0. The van der Waals surface area contributed by atoms with Crippen LogP contribution in [0.4, 0.5) is 11.6 Å². The van der Waals surface area contributed by atoms with Gasteiger partial charge in [-0.1, -0.05) is 13.8 Å². The molecule has 0 saturated carbocycles. The Labute approximate surface area is 124 Å². The van der Waals surface area contributed by atoms with Crippen molar-refractivity contribution in [3.8, 4) is 0 Å². The molecule has 7 nitrogen and oxygen atoms in total. The van der Waals surface area contributed by atoms with Crippen LogP contribution in [0.15, 0.2) is 12.3 Å². The van der Waals surface area contributed by atoms with Crippen LogP contribution in [0.2, 0.25) is 0 Å². The Balaban J connectivity index is 2.11. The average Bonchev–Trinajstić information content (AvgIpc) is 2.86. The highest BCUT2D eigenvalue weighted by atomic mass is 15.3. The minimum atomic E-state index is 0.246. The number of nitrogens with zero attached hydrogens (tertiary/aromatic N) is 4. The maximum atomic E-state index is 5.53. The summed E-state index contributed by atoms with van der Waals surface area (Å²) in [6.45, 7) is 6.85. The normalized spacial score (nSPS) is 11.0. The van der Waals surface area contributed by atoms with Gasteiger partial charge in [0.15, 0.2) is 0 Å². The predicted molar refractivity (Wildman–Crippen MR) is 84.1 cm³/mol.